The maximum Gasteiger partial charge on any atom is 0.433 e. The number of halogens is 4. The molecule has 2 heterocycles. The molecule has 2 aromatic heterocycles. The van der Waals surface area contributed by atoms with Crippen LogP contribution < -0.4 is 11.4 Å². The summed E-state index contributed by atoms with van der Waals surface area (Å²) in [5.41, 5.74) is 3.52. The first-order valence-corrected chi connectivity index (χ1v) is 6.68. The van der Waals surface area contributed by atoms with Gasteiger partial charge in [0.2, 0.25) is 0 Å². The van der Waals surface area contributed by atoms with Gasteiger partial charge >= 0.3 is 11.9 Å². The highest BCUT2D eigenvalue weighted by molar-refractivity contribution is 6.32. The van der Waals surface area contributed by atoms with Crippen molar-refractivity contribution in [3.63, 3.8) is 0 Å². The number of benzene rings is 1. The van der Waals surface area contributed by atoms with Crippen molar-refractivity contribution in [3.05, 3.63) is 57.6 Å². The molecule has 0 spiro atoms. The predicted molar refractivity (Wildman–Crippen MR) is 79.6 cm³/mol. The number of para-hydroxylation sites is 1. The number of hydrogen-bond acceptors (Lipinski definition) is 4. The number of rotatable bonds is 1. The minimum absolute atomic E-state index is 0.123. The van der Waals surface area contributed by atoms with Crippen molar-refractivity contribution < 1.29 is 13.2 Å². The molecule has 118 valence electrons. The fourth-order valence-electron chi connectivity index (χ4n) is 2.13. The van der Waals surface area contributed by atoms with Crippen molar-refractivity contribution in [1.29, 1.82) is 0 Å². The Hall–Kier alpha value is -2.61. The van der Waals surface area contributed by atoms with E-state index < -0.39 is 17.6 Å². The van der Waals surface area contributed by atoms with E-state index in [9.17, 15) is 18.0 Å². The minimum Gasteiger partial charge on any atom is -0.383 e. The Morgan fingerprint density at radius 2 is 1.78 bits per heavy atom. The second-order valence-electron chi connectivity index (χ2n) is 4.63. The highest BCUT2D eigenvalue weighted by Gasteiger charge is 2.33. The topological polar surface area (TPSA) is 73.8 Å². The van der Waals surface area contributed by atoms with E-state index in [-0.39, 0.29) is 27.6 Å². The largest absolute Gasteiger partial charge is 0.433 e. The summed E-state index contributed by atoms with van der Waals surface area (Å²) in [7, 11) is 0. The number of fused-ring (bicyclic) bond motifs is 1. The first-order valence-electron chi connectivity index (χ1n) is 6.30. The maximum atomic E-state index is 12.9. The van der Waals surface area contributed by atoms with Crippen LogP contribution in [0.1, 0.15) is 5.69 Å². The van der Waals surface area contributed by atoms with Crippen LogP contribution >= 0.6 is 11.6 Å². The van der Waals surface area contributed by atoms with Crippen LogP contribution in [0.15, 0.2) is 41.2 Å². The van der Waals surface area contributed by atoms with Gasteiger partial charge in [0.05, 0.1) is 16.1 Å². The van der Waals surface area contributed by atoms with Crippen molar-refractivity contribution in [1.82, 2.24) is 14.5 Å². The van der Waals surface area contributed by atoms with Crippen molar-refractivity contribution in [2.75, 3.05) is 5.73 Å². The Kier molecular flexibility index (Phi) is 3.48. The molecule has 0 fully saturated rings. The van der Waals surface area contributed by atoms with E-state index in [4.69, 9.17) is 17.3 Å². The molecule has 3 aromatic rings. The zero-order valence-electron chi connectivity index (χ0n) is 11.3. The average Bonchev–Trinajstić information content (AvgIpc) is 2.47. The molecule has 1 aromatic carbocycles. The molecule has 3 rings (SSSR count). The summed E-state index contributed by atoms with van der Waals surface area (Å²) in [5.74, 6) is -0.200. The van der Waals surface area contributed by atoms with Crippen molar-refractivity contribution in [3.8, 4) is 5.69 Å². The number of nitrogen functional groups attached to an aromatic ring is 1. The van der Waals surface area contributed by atoms with Gasteiger partial charge in [0.15, 0.2) is 5.65 Å². The second-order valence-corrected chi connectivity index (χ2v) is 5.04. The lowest BCUT2D eigenvalue weighted by molar-refractivity contribution is -0.141. The number of hydrogen-bond donors (Lipinski definition) is 1. The van der Waals surface area contributed by atoms with Gasteiger partial charge < -0.3 is 5.73 Å². The van der Waals surface area contributed by atoms with Crippen LogP contribution in [0.3, 0.4) is 0 Å². The third kappa shape index (κ3) is 2.61. The molecule has 0 saturated carbocycles. The molecule has 0 aliphatic rings. The molecule has 0 saturated heterocycles. The van der Waals surface area contributed by atoms with Gasteiger partial charge in [0.1, 0.15) is 11.5 Å². The lowest BCUT2D eigenvalue weighted by Gasteiger charge is -2.13. The number of nitrogens with two attached hydrogens (primary N) is 1. The fraction of sp³-hybridized carbons (Fsp3) is 0.0714. The summed E-state index contributed by atoms with van der Waals surface area (Å²) in [4.78, 5) is 19.3. The molecule has 0 radical (unpaired) electrons. The molecular weight excluding hydrogens is 333 g/mol. The van der Waals surface area contributed by atoms with Gasteiger partial charge in [-0.25, -0.2) is 14.3 Å². The Balaban J connectivity index is 2.46. The summed E-state index contributed by atoms with van der Waals surface area (Å²) >= 11 is 6.03. The zero-order chi connectivity index (χ0) is 16.8. The average molecular weight is 341 g/mol. The highest BCUT2D eigenvalue weighted by atomic mass is 35.5. The summed E-state index contributed by atoms with van der Waals surface area (Å²) < 4.78 is 39.6. The van der Waals surface area contributed by atoms with E-state index in [1.807, 2.05) is 0 Å². The van der Waals surface area contributed by atoms with E-state index in [1.165, 1.54) is 12.1 Å². The van der Waals surface area contributed by atoms with E-state index in [1.54, 1.807) is 12.1 Å². The summed E-state index contributed by atoms with van der Waals surface area (Å²) in [6.07, 6.45) is -4.66. The van der Waals surface area contributed by atoms with E-state index in [0.29, 0.717) is 0 Å². The Labute approximate surface area is 132 Å². The zero-order valence-corrected chi connectivity index (χ0v) is 12.1. The lowest BCUT2D eigenvalue weighted by Crippen LogP contribution is -2.25. The number of aromatic nitrogens is 3. The fourth-order valence-corrected chi connectivity index (χ4v) is 2.35. The second kappa shape index (κ2) is 5.24. The van der Waals surface area contributed by atoms with Gasteiger partial charge in [0.25, 0.3) is 0 Å². The summed E-state index contributed by atoms with van der Waals surface area (Å²) in [6, 6.07) is 8.09. The first kappa shape index (κ1) is 15.3. The molecule has 5 nitrogen and oxygen atoms in total. The smallest absolute Gasteiger partial charge is 0.383 e. The molecule has 0 bridgehead atoms. The number of pyridine rings is 1. The Morgan fingerprint density at radius 3 is 2.43 bits per heavy atom. The first-order chi connectivity index (χ1) is 10.8. The summed E-state index contributed by atoms with van der Waals surface area (Å²) in [6.45, 7) is 0. The van der Waals surface area contributed by atoms with Crippen LogP contribution in [0, 0.1) is 0 Å². The molecule has 23 heavy (non-hydrogen) atoms. The van der Waals surface area contributed by atoms with E-state index in [2.05, 4.69) is 9.97 Å². The predicted octanol–water partition coefficient (Wildman–Crippen LogP) is 3.04. The van der Waals surface area contributed by atoms with Gasteiger partial charge in [-0.15, -0.1) is 0 Å². The summed E-state index contributed by atoms with van der Waals surface area (Å²) in [5, 5.41) is 0.291. The number of nitrogens with zero attached hydrogens (tertiary/aromatic N) is 3. The quantitative estimate of drug-likeness (QED) is 0.739. The van der Waals surface area contributed by atoms with Crippen molar-refractivity contribution in [2.45, 2.75) is 6.18 Å². The lowest BCUT2D eigenvalue weighted by atomic mass is 10.2. The van der Waals surface area contributed by atoms with Gasteiger partial charge in [-0.1, -0.05) is 23.7 Å². The van der Waals surface area contributed by atoms with Crippen molar-refractivity contribution >= 4 is 28.5 Å². The van der Waals surface area contributed by atoms with Crippen LogP contribution in [0.5, 0.6) is 0 Å². The molecule has 0 aliphatic heterocycles. The Bertz CT molecular complexity index is 968. The number of alkyl halides is 3. The third-order valence-corrected chi connectivity index (χ3v) is 3.47. The van der Waals surface area contributed by atoms with Gasteiger partial charge in [0, 0.05) is 0 Å². The minimum atomic E-state index is -4.66. The molecule has 0 unspecified atom stereocenters. The van der Waals surface area contributed by atoms with Gasteiger partial charge in [-0.3, -0.25) is 0 Å². The van der Waals surface area contributed by atoms with Crippen LogP contribution in [0.2, 0.25) is 5.02 Å². The molecule has 0 atom stereocenters. The van der Waals surface area contributed by atoms with Gasteiger partial charge in [-0.05, 0) is 24.3 Å². The monoisotopic (exact) mass is 340 g/mol. The van der Waals surface area contributed by atoms with Crippen LogP contribution in [-0.4, -0.2) is 14.5 Å². The Morgan fingerprint density at radius 1 is 1.09 bits per heavy atom. The maximum absolute atomic E-state index is 12.9. The van der Waals surface area contributed by atoms with E-state index in [0.717, 1.165) is 16.7 Å². The molecule has 9 heteroatoms. The van der Waals surface area contributed by atoms with Gasteiger partial charge in [-0.2, -0.15) is 18.2 Å². The number of anilines is 1. The van der Waals surface area contributed by atoms with Crippen molar-refractivity contribution in [2.24, 2.45) is 0 Å². The molecule has 0 amide bonds. The van der Waals surface area contributed by atoms with Crippen LogP contribution in [-0.2, 0) is 6.18 Å². The molecular formula is C14H8ClF3N4O. The van der Waals surface area contributed by atoms with Crippen LogP contribution in [0.25, 0.3) is 16.7 Å². The molecule has 2 N–H and O–H groups in total. The van der Waals surface area contributed by atoms with E-state index >= 15 is 0 Å². The highest BCUT2D eigenvalue weighted by Crippen LogP contribution is 2.30. The standard InChI is InChI=1S/C14H8ClF3N4O/c15-8-3-1-2-4-9(8)22-12-7(11(19)21-13(22)23)5-6-10(20-12)14(16,17)18/h1-6H,(H2,19,21,23). The third-order valence-electron chi connectivity index (χ3n) is 3.15. The van der Waals surface area contributed by atoms with Crippen LogP contribution in [0.4, 0.5) is 19.0 Å². The SMILES string of the molecule is Nc1nc(=O)n(-c2ccccc2Cl)c2nc(C(F)(F)F)ccc12. The molecule has 0 aliphatic carbocycles. The normalized spacial score (nSPS) is 11.8.